The summed E-state index contributed by atoms with van der Waals surface area (Å²) in [5, 5.41) is 0. The molecular formula is C22H20N2O2. The molecular weight excluding hydrogens is 324 g/mol. The first-order chi connectivity index (χ1) is 12.7. The Morgan fingerprint density at radius 2 is 1.50 bits per heavy atom. The number of carbonyl (C=O) groups is 1. The van der Waals surface area contributed by atoms with Gasteiger partial charge in [0.25, 0.3) is 5.91 Å². The van der Waals surface area contributed by atoms with E-state index in [1.165, 1.54) is 0 Å². The van der Waals surface area contributed by atoms with Gasteiger partial charge < -0.3 is 4.90 Å². The summed E-state index contributed by atoms with van der Waals surface area (Å²) in [7, 11) is 0. The molecule has 0 bridgehead atoms. The molecule has 0 saturated heterocycles. The Labute approximate surface area is 153 Å². The van der Waals surface area contributed by atoms with Gasteiger partial charge in [-0.05, 0) is 30.7 Å². The number of anilines is 2. The molecule has 1 aliphatic rings. The monoisotopic (exact) mass is 344 g/mol. The molecule has 130 valence electrons. The Morgan fingerprint density at radius 1 is 0.885 bits per heavy atom. The van der Waals surface area contributed by atoms with Gasteiger partial charge in [-0.3, -0.25) is 15.1 Å². The molecule has 1 unspecified atom stereocenters. The number of hydrogen-bond donors (Lipinski definition) is 1. The van der Waals surface area contributed by atoms with Crippen molar-refractivity contribution in [3.63, 3.8) is 0 Å². The van der Waals surface area contributed by atoms with Gasteiger partial charge in [-0.25, -0.2) is 0 Å². The van der Waals surface area contributed by atoms with E-state index in [0.29, 0.717) is 6.54 Å². The van der Waals surface area contributed by atoms with Crippen molar-refractivity contribution in [2.24, 2.45) is 0 Å². The van der Waals surface area contributed by atoms with Crippen molar-refractivity contribution in [1.82, 2.24) is 0 Å². The lowest BCUT2D eigenvalue weighted by atomic mass is 9.98. The van der Waals surface area contributed by atoms with E-state index in [1.54, 1.807) is 4.90 Å². The van der Waals surface area contributed by atoms with Crippen LogP contribution in [0.1, 0.15) is 18.1 Å². The van der Waals surface area contributed by atoms with Crippen LogP contribution in [0.15, 0.2) is 84.9 Å². The van der Waals surface area contributed by atoms with Gasteiger partial charge in [-0.2, -0.15) is 0 Å². The van der Waals surface area contributed by atoms with Crippen molar-refractivity contribution in [1.29, 1.82) is 0 Å². The maximum atomic E-state index is 13.3. The van der Waals surface area contributed by atoms with Crippen molar-refractivity contribution in [3.05, 3.63) is 96.1 Å². The summed E-state index contributed by atoms with van der Waals surface area (Å²) >= 11 is 0. The number of nitrogens with one attached hydrogen (secondary N) is 1. The Hall–Kier alpha value is -3.11. The van der Waals surface area contributed by atoms with Gasteiger partial charge >= 0.3 is 0 Å². The fraction of sp³-hybridized carbons (Fsp3) is 0.136. The Bertz CT molecular complexity index is 912. The molecule has 4 rings (SSSR count). The molecule has 0 aromatic heterocycles. The average molecular weight is 344 g/mol. The molecule has 1 amide bonds. The molecule has 1 N–H and O–H groups in total. The lowest BCUT2D eigenvalue weighted by molar-refractivity contribution is -0.137. The number of benzene rings is 3. The zero-order chi connectivity index (χ0) is 18.0. The van der Waals surface area contributed by atoms with E-state index in [1.807, 2.05) is 91.9 Å². The molecule has 0 aliphatic carbocycles. The largest absolute Gasteiger partial charge is 0.305 e. The first-order valence-electron chi connectivity index (χ1n) is 8.63. The molecule has 0 fully saturated rings. The maximum absolute atomic E-state index is 13.3. The minimum Gasteiger partial charge on any atom is -0.305 e. The third-order valence-electron chi connectivity index (χ3n) is 4.69. The highest BCUT2D eigenvalue weighted by Crippen LogP contribution is 2.43. The molecule has 4 heteroatoms. The van der Waals surface area contributed by atoms with Crippen molar-refractivity contribution in [2.45, 2.75) is 19.1 Å². The number of para-hydroxylation sites is 2. The van der Waals surface area contributed by atoms with E-state index < -0.39 is 5.60 Å². The summed E-state index contributed by atoms with van der Waals surface area (Å²) in [6, 6.07) is 27.3. The molecule has 0 spiro atoms. The van der Waals surface area contributed by atoms with Gasteiger partial charge in [0.05, 0.1) is 17.9 Å². The second-order valence-corrected chi connectivity index (χ2v) is 6.50. The van der Waals surface area contributed by atoms with Gasteiger partial charge in [-0.1, -0.05) is 66.7 Å². The van der Waals surface area contributed by atoms with E-state index in [-0.39, 0.29) is 5.91 Å². The summed E-state index contributed by atoms with van der Waals surface area (Å²) in [6.07, 6.45) is 0. The molecule has 1 aliphatic heterocycles. The van der Waals surface area contributed by atoms with Crippen LogP contribution in [-0.2, 0) is 21.8 Å². The summed E-state index contributed by atoms with van der Waals surface area (Å²) < 4.78 is 0. The summed E-state index contributed by atoms with van der Waals surface area (Å²) in [5.41, 5.74) is 5.49. The lowest BCUT2D eigenvalue weighted by Gasteiger charge is -2.25. The van der Waals surface area contributed by atoms with Gasteiger partial charge in [0.2, 0.25) is 0 Å². The van der Waals surface area contributed by atoms with Crippen LogP contribution in [0, 0.1) is 0 Å². The van der Waals surface area contributed by atoms with Crippen LogP contribution in [0.25, 0.3) is 0 Å². The standard InChI is InChI=1S/C22H20N2O2/c1-22(26-23-18-12-6-3-7-13-18)19-14-8-9-15-20(19)24(21(22)25)16-17-10-4-2-5-11-17/h2-15,23H,16H2,1H3. The Kier molecular flexibility index (Phi) is 4.19. The van der Waals surface area contributed by atoms with Crippen LogP contribution < -0.4 is 10.4 Å². The van der Waals surface area contributed by atoms with Crippen LogP contribution in [-0.4, -0.2) is 5.91 Å². The highest BCUT2D eigenvalue weighted by Gasteiger charge is 2.49. The second kappa shape index (κ2) is 6.65. The van der Waals surface area contributed by atoms with Crippen molar-refractivity contribution in [3.8, 4) is 0 Å². The zero-order valence-corrected chi connectivity index (χ0v) is 14.6. The molecule has 1 atom stereocenters. The fourth-order valence-corrected chi connectivity index (χ4v) is 3.28. The van der Waals surface area contributed by atoms with Gasteiger partial charge in [0.1, 0.15) is 0 Å². The van der Waals surface area contributed by atoms with E-state index in [9.17, 15) is 4.79 Å². The van der Waals surface area contributed by atoms with Crippen LogP contribution >= 0.6 is 0 Å². The normalized spacial score (nSPS) is 18.7. The fourth-order valence-electron chi connectivity index (χ4n) is 3.28. The third-order valence-corrected chi connectivity index (χ3v) is 4.69. The number of carbonyl (C=O) groups excluding carboxylic acids is 1. The number of amides is 1. The summed E-state index contributed by atoms with van der Waals surface area (Å²) in [6.45, 7) is 2.33. The van der Waals surface area contributed by atoms with Gasteiger partial charge in [0, 0.05) is 5.56 Å². The molecule has 3 aromatic carbocycles. The summed E-state index contributed by atoms with van der Waals surface area (Å²) in [4.78, 5) is 21.0. The van der Waals surface area contributed by atoms with E-state index in [0.717, 1.165) is 22.5 Å². The zero-order valence-electron chi connectivity index (χ0n) is 14.6. The van der Waals surface area contributed by atoms with Gasteiger partial charge in [-0.15, -0.1) is 0 Å². The second-order valence-electron chi connectivity index (χ2n) is 6.50. The molecule has 4 nitrogen and oxygen atoms in total. The minimum absolute atomic E-state index is 0.0778. The molecule has 3 aromatic rings. The van der Waals surface area contributed by atoms with Crippen LogP contribution in [0.3, 0.4) is 0 Å². The number of rotatable bonds is 5. The molecule has 0 radical (unpaired) electrons. The first-order valence-corrected chi connectivity index (χ1v) is 8.63. The summed E-state index contributed by atoms with van der Waals surface area (Å²) in [5.74, 6) is -0.0778. The van der Waals surface area contributed by atoms with Crippen molar-refractivity contribution >= 4 is 17.3 Å². The topological polar surface area (TPSA) is 41.6 Å². The number of fused-ring (bicyclic) bond motifs is 1. The number of nitrogens with zero attached hydrogens (tertiary/aromatic N) is 1. The van der Waals surface area contributed by atoms with Crippen molar-refractivity contribution < 1.29 is 9.63 Å². The van der Waals surface area contributed by atoms with E-state index in [4.69, 9.17) is 4.84 Å². The van der Waals surface area contributed by atoms with Gasteiger partial charge in [0.15, 0.2) is 5.60 Å². The molecule has 0 saturated carbocycles. The minimum atomic E-state index is -1.08. The maximum Gasteiger partial charge on any atom is 0.266 e. The predicted molar refractivity (Wildman–Crippen MR) is 103 cm³/mol. The van der Waals surface area contributed by atoms with Crippen LogP contribution in [0.5, 0.6) is 0 Å². The predicted octanol–water partition coefficient (Wildman–Crippen LogP) is 4.49. The Morgan fingerprint density at radius 3 is 2.23 bits per heavy atom. The smallest absolute Gasteiger partial charge is 0.266 e. The SMILES string of the molecule is CC1(ONc2ccccc2)C(=O)N(Cc2ccccc2)c2ccccc21. The number of hydrogen-bond acceptors (Lipinski definition) is 3. The Balaban J connectivity index is 1.64. The third kappa shape index (κ3) is 2.85. The molecule has 26 heavy (non-hydrogen) atoms. The highest BCUT2D eigenvalue weighted by atomic mass is 16.7. The average Bonchev–Trinajstić information content (AvgIpc) is 2.91. The lowest BCUT2D eigenvalue weighted by Crippen LogP contribution is -2.41. The van der Waals surface area contributed by atoms with E-state index in [2.05, 4.69) is 5.48 Å². The quantitative estimate of drug-likeness (QED) is 0.693. The highest BCUT2D eigenvalue weighted by molar-refractivity contribution is 6.06. The van der Waals surface area contributed by atoms with E-state index >= 15 is 0 Å². The first kappa shape index (κ1) is 16.4. The van der Waals surface area contributed by atoms with Crippen molar-refractivity contribution in [2.75, 3.05) is 10.4 Å². The van der Waals surface area contributed by atoms with Crippen LogP contribution in [0.2, 0.25) is 0 Å². The van der Waals surface area contributed by atoms with Crippen LogP contribution in [0.4, 0.5) is 11.4 Å². The molecule has 1 heterocycles.